The molecule has 3 aromatic carbocycles. The number of piperidine rings is 1. The van der Waals surface area contributed by atoms with Crippen LogP contribution < -0.4 is 4.74 Å². The van der Waals surface area contributed by atoms with Crippen LogP contribution in [0.25, 0.3) is 21.7 Å². The van der Waals surface area contributed by atoms with Crippen LogP contribution in [0.2, 0.25) is 0 Å². The van der Waals surface area contributed by atoms with Gasteiger partial charge in [0.15, 0.2) is 5.76 Å². The second-order valence-corrected chi connectivity index (χ2v) is 10.4. The van der Waals surface area contributed by atoms with Crippen LogP contribution in [0.4, 0.5) is 0 Å². The number of likely N-dealkylation sites (tertiary alicyclic amines) is 2. The third-order valence-electron chi connectivity index (χ3n) is 7.86. The Balaban J connectivity index is 1.02. The molecule has 0 saturated carbocycles. The fourth-order valence-electron chi connectivity index (χ4n) is 5.79. The number of furan rings is 1. The molecule has 3 heterocycles. The second-order valence-electron chi connectivity index (χ2n) is 10.4. The number of nitrogens with zero attached hydrogens (tertiary/aromatic N) is 2. The molecule has 6 heteroatoms. The normalized spacial score (nSPS) is 18.0. The van der Waals surface area contributed by atoms with Crippen LogP contribution in [0.5, 0.6) is 5.75 Å². The highest BCUT2D eigenvalue weighted by Crippen LogP contribution is 2.32. The number of rotatable bonds is 7. The standard InChI is InChI=1S/C31H34N2O4/c34-26(20-32-16-12-23(13-17-32)25-11-10-22-6-1-2-7-24(22)18-25)21-36-28-8-5-9-29-27(28)19-30(37-29)31(35)33-14-3-4-15-33/h1-2,5-11,18-19,23,26,34H,3-4,12-17,20-21H2. The van der Waals surface area contributed by atoms with Crippen molar-refractivity contribution in [2.45, 2.75) is 37.7 Å². The first-order valence-corrected chi connectivity index (χ1v) is 13.5. The number of carbonyl (C=O) groups is 1. The van der Waals surface area contributed by atoms with Crippen molar-refractivity contribution >= 4 is 27.6 Å². The van der Waals surface area contributed by atoms with Crippen molar-refractivity contribution in [1.82, 2.24) is 9.80 Å². The van der Waals surface area contributed by atoms with E-state index in [9.17, 15) is 9.90 Å². The van der Waals surface area contributed by atoms with Gasteiger partial charge in [-0.25, -0.2) is 0 Å². The first-order chi connectivity index (χ1) is 18.1. The van der Waals surface area contributed by atoms with Crippen LogP contribution in [-0.4, -0.2) is 66.2 Å². The number of hydrogen-bond acceptors (Lipinski definition) is 5. The molecule has 0 radical (unpaired) electrons. The van der Waals surface area contributed by atoms with Gasteiger partial charge in [-0.3, -0.25) is 4.79 Å². The van der Waals surface area contributed by atoms with Crippen LogP contribution in [-0.2, 0) is 0 Å². The minimum Gasteiger partial charge on any atom is -0.490 e. The highest BCUT2D eigenvalue weighted by molar-refractivity contribution is 5.97. The Bertz CT molecular complexity index is 1380. The minimum atomic E-state index is -0.593. The Labute approximate surface area is 217 Å². The van der Waals surface area contributed by atoms with Gasteiger partial charge in [0.25, 0.3) is 5.91 Å². The highest BCUT2D eigenvalue weighted by atomic mass is 16.5. The largest absolute Gasteiger partial charge is 0.490 e. The number of fused-ring (bicyclic) bond motifs is 2. The highest BCUT2D eigenvalue weighted by Gasteiger charge is 2.25. The van der Waals surface area contributed by atoms with E-state index >= 15 is 0 Å². The summed E-state index contributed by atoms with van der Waals surface area (Å²) in [7, 11) is 0. The molecule has 1 aromatic heterocycles. The van der Waals surface area contributed by atoms with Crippen LogP contribution in [0, 0.1) is 0 Å². The molecule has 2 aliphatic rings. The van der Waals surface area contributed by atoms with Crippen LogP contribution >= 0.6 is 0 Å². The molecule has 2 saturated heterocycles. The van der Waals surface area contributed by atoms with Gasteiger partial charge in [-0.1, -0.05) is 48.5 Å². The molecule has 4 aromatic rings. The predicted molar refractivity (Wildman–Crippen MR) is 145 cm³/mol. The smallest absolute Gasteiger partial charge is 0.289 e. The molecule has 0 bridgehead atoms. The van der Waals surface area contributed by atoms with Gasteiger partial charge in [0, 0.05) is 25.7 Å². The molecule has 1 unspecified atom stereocenters. The van der Waals surface area contributed by atoms with Crippen molar-refractivity contribution in [2.24, 2.45) is 0 Å². The van der Waals surface area contributed by atoms with Gasteiger partial charge in [0.1, 0.15) is 24.0 Å². The average Bonchev–Trinajstić information content (AvgIpc) is 3.63. The van der Waals surface area contributed by atoms with Crippen molar-refractivity contribution in [3.63, 3.8) is 0 Å². The van der Waals surface area contributed by atoms with Gasteiger partial charge in [-0.15, -0.1) is 0 Å². The molecule has 6 nitrogen and oxygen atoms in total. The van der Waals surface area contributed by atoms with E-state index in [1.807, 2.05) is 23.1 Å². The summed E-state index contributed by atoms with van der Waals surface area (Å²) in [6.45, 7) is 4.28. The maximum atomic E-state index is 12.7. The fourth-order valence-corrected chi connectivity index (χ4v) is 5.79. The maximum absolute atomic E-state index is 12.7. The van der Waals surface area contributed by atoms with Gasteiger partial charge >= 0.3 is 0 Å². The molecule has 1 N–H and O–H groups in total. The van der Waals surface area contributed by atoms with E-state index in [2.05, 4.69) is 47.4 Å². The number of carbonyl (C=O) groups excluding carboxylic acids is 1. The molecule has 2 fully saturated rings. The lowest BCUT2D eigenvalue weighted by atomic mass is 9.88. The predicted octanol–water partition coefficient (Wildman–Crippen LogP) is 5.44. The summed E-state index contributed by atoms with van der Waals surface area (Å²) in [5.41, 5.74) is 2.04. The van der Waals surface area contributed by atoms with Crippen LogP contribution in [0.1, 0.15) is 47.7 Å². The number of benzene rings is 3. The van der Waals surface area contributed by atoms with E-state index < -0.39 is 6.10 Å². The molecule has 6 rings (SSSR count). The first-order valence-electron chi connectivity index (χ1n) is 13.5. The Morgan fingerprint density at radius 1 is 0.946 bits per heavy atom. The second kappa shape index (κ2) is 10.6. The summed E-state index contributed by atoms with van der Waals surface area (Å²) in [6.07, 6.45) is 3.67. The quantitative estimate of drug-likeness (QED) is 0.368. The zero-order valence-corrected chi connectivity index (χ0v) is 21.1. The van der Waals surface area contributed by atoms with E-state index in [-0.39, 0.29) is 12.5 Å². The third kappa shape index (κ3) is 5.22. The molecule has 0 spiro atoms. The zero-order valence-electron chi connectivity index (χ0n) is 21.1. The van der Waals surface area contributed by atoms with Crippen LogP contribution in [0.15, 0.2) is 71.1 Å². The number of ether oxygens (including phenoxy) is 1. The average molecular weight is 499 g/mol. The maximum Gasteiger partial charge on any atom is 0.289 e. The molecule has 2 aliphatic heterocycles. The number of β-amino-alcohol motifs (C(OH)–C–C–N with tert-alkyl or cyclic N) is 1. The molecular weight excluding hydrogens is 464 g/mol. The van der Waals surface area contributed by atoms with E-state index in [4.69, 9.17) is 9.15 Å². The topological polar surface area (TPSA) is 66.2 Å². The number of aliphatic hydroxyl groups is 1. The zero-order chi connectivity index (χ0) is 25.2. The minimum absolute atomic E-state index is 0.0632. The van der Waals surface area contributed by atoms with Gasteiger partial charge in [-0.2, -0.15) is 0 Å². The van der Waals surface area contributed by atoms with Crippen molar-refractivity contribution in [2.75, 3.05) is 39.3 Å². The molecule has 192 valence electrons. The SMILES string of the molecule is O=C(c1cc2c(OCC(O)CN3CCC(c4ccc5ccccc5c4)CC3)cccc2o1)N1CCCC1. The first kappa shape index (κ1) is 24.0. The van der Waals surface area contributed by atoms with Crippen molar-refractivity contribution in [3.8, 4) is 5.75 Å². The summed E-state index contributed by atoms with van der Waals surface area (Å²) in [5.74, 6) is 1.48. The van der Waals surface area contributed by atoms with E-state index in [0.29, 0.717) is 29.6 Å². The lowest BCUT2D eigenvalue weighted by Crippen LogP contribution is -2.40. The van der Waals surface area contributed by atoms with E-state index in [1.54, 1.807) is 6.07 Å². The monoisotopic (exact) mass is 498 g/mol. The van der Waals surface area contributed by atoms with Gasteiger partial charge < -0.3 is 24.1 Å². The summed E-state index contributed by atoms with van der Waals surface area (Å²) >= 11 is 0. The van der Waals surface area contributed by atoms with E-state index in [0.717, 1.165) is 57.2 Å². The summed E-state index contributed by atoms with van der Waals surface area (Å²) in [6, 6.07) is 22.7. The lowest BCUT2D eigenvalue weighted by Gasteiger charge is -2.33. The van der Waals surface area contributed by atoms with Gasteiger partial charge in [-0.05, 0) is 73.2 Å². The van der Waals surface area contributed by atoms with Gasteiger partial charge in [0.05, 0.1) is 5.39 Å². The molecule has 37 heavy (non-hydrogen) atoms. The van der Waals surface area contributed by atoms with Crippen molar-refractivity contribution in [3.05, 3.63) is 78.1 Å². The molecule has 0 aliphatic carbocycles. The Hall–Kier alpha value is -3.35. The third-order valence-corrected chi connectivity index (χ3v) is 7.86. The van der Waals surface area contributed by atoms with Gasteiger partial charge in [0.2, 0.25) is 0 Å². The number of hydrogen-bond donors (Lipinski definition) is 1. The van der Waals surface area contributed by atoms with Crippen molar-refractivity contribution < 1.29 is 19.1 Å². The Morgan fingerprint density at radius 2 is 1.73 bits per heavy atom. The number of aliphatic hydroxyl groups excluding tert-OH is 1. The summed E-state index contributed by atoms with van der Waals surface area (Å²) in [5, 5.41) is 14.1. The number of amides is 1. The molecular formula is C31H34N2O4. The molecule has 1 atom stereocenters. The van der Waals surface area contributed by atoms with Crippen LogP contribution in [0.3, 0.4) is 0 Å². The van der Waals surface area contributed by atoms with E-state index in [1.165, 1.54) is 16.3 Å². The Kier molecular flexibility index (Phi) is 6.85. The summed E-state index contributed by atoms with van der Waals surface area (Å²) < 4.78 is 11.9. The fraction of sp³-hybridized carbons (Fsp3) is 0.387. The Morgan fingerprint density at radius 3 is 2.54 bits per heavy atom. The van der Waals surface area contributed by atoms with Crippen molar-refractivity contribution in [1.29, 1.82) is 0 Å². The molecule has 1 amide bonds. The summed E-state index contributed by atoms with van der Waals surface area (Å²) in [4.78, 5) is 16.9. The lowest BCUT2D eigenvalue weighted by molar-refractivity contribution is 0.0599.